The molecule has 1 aliphatic rings. The first kappa shape index (κ1) is 30.1. The third-order valence-electron chi connectivity index (χ3n) is 7.81. The number of fused-ring (bicyclic) bond motifs is 1. The van der Waals surface area contributed by atoms with Gasteiger partial charge in [-0.2, -0.15) is 0 Å². The molecular weight excluding hydrogens is 582 g/mol. The van der Waals surface area contributed by atoms with Crippen LogP contribution in [0, 0.1) is 5.82 Å². The van der Waals surface area contributed by atoms with Gasteiger partial charge in [0.25, 0.3) is 5.91 Å². The van der Waals surface area contributed by atoms with E-state index in [0.29, 0.717) is 27.0 Å². The van der Waals surface area contributed by atoms with Crippen molar-refractivity contribution in [1.29, 1.82) is 0 Å². The molecule has 4 aromatic rings. The van der Waals surface area contributed by atoms with Crippen molar-refractivity contribution in [2.45, 2.75) is 45.4 Å². The van der Waals surface area contributed by atoms with E-state index in [1.807, 2.05) is 27.7 Å². The Bertz CT molecular complexity index is 1760. The Labute approximate surface area is 249 Å². The van der Waals surface area contributed by atoms with Gasteiger partial charge in [0.05, 0.1) is 35.3 Å². The van der Waals surface area contributed by atoms with E-state index in [1.54, 1.807) is 36.4 Å². The summed E-state index contributed by atoms with van der Waals surface area (Å²) >= 11 is 6.07. The first-order chi connectivity index (χ1) is 19.6. The number of carbonyl (C=O) groups is 1. The lowest BCUT2D eigenvalue weighted by atomic mass is 9.76. The fourth-order valence-electron chi connectivity index (χ4n) is 4.82. The first-order valence-electron chi connectivity index (χ1n) is 13.3. The molecule has 220 valence electrons. The van der Waals surface area contributed by atoms with Gasteiger partial charge in [0.15, 0.2) is 0 Å². The second-order valence-electron chi connectivity index (χ2n) is 11.3. The number of hydrogen-bond acceptors (Lipinski definition) is 6. The van der Waals surface area contributed by atoms with Crippen LogP contribution in [0.4, 0.5) is 10.1 Å². The van der Waals surface area contributed by atoms with Crippen molar-refractivity contribution >= 4 is 56.8 Å². The number of halogens is 2. The molecule has 0 bridgehead atoms. The Morgan fingerprint density at radius 3 is 2.14 bits per heavy atom. The number of nitrogens with one attached hydrogen (secondary N) is 1. The summed E-state index contributed by atoms with van der Waals surface area (Å²) in [5.74, 6) is -0.653. The molecule has 8 nitrogen and oxygen atoms in total. The SMILES string of the molecule is CNC(=O)c1c(-c2ccc(F)cc2)oc2cc(N(Cc3ccc(Cl)cc3)S(C)(=O)=O)c(B3OC(C)(C)C(C)(C)O3)cc12. The topological polar surface area (TPSA) is 98.1 Å². The minimum Gasteiger partial charge on any atom is -0.455 e. The largest absolute Gasteiger partial charge is 0.497 e. The standard InChI is InChI=1S/C30H31BClFN2O6S/c1-29(2)30(3,4)41-31(40-29)23-15-22-25(39-27(26(22)28(36)34-5)19-9-13-21(33)14-10-19)16-24(23)35(42(6,37)38)17-18-7-11-20(32)12-8-18/h7-16H,17H2,1-6H3,(H,34,36). The Hall–Kier alpha value is -3.38. The lowest BCUT2D eigenvalue weighted by Crippen LogP contribution is -2.41. The minimum atomic E-state index is -3.86. The van der Waals surface area contributed by atoms with Gasteiger partial charge in [-0.25, -0.2) is 12.8 Å². The minimum absolute atomic E-state index is 0.0121. The van der Waals surface area contributed by atoms with Crippen LogP contribution in [-0.2, 0) is 25.9 Å². The van der Waals surface area contributed by atoms with Crippen LogP contribution < -0.4 is 15.1 Å². The molecule has 0 saturated carbocycles. The van der Waals surface area contributed by atoms with E-state index in [-0.39, 0.29) is 29.1 Å². The molecule has 1 aromatic heterocycles. The molecule has 0 spiro atoms. The van der Waals surface area contributed by atoms with Gasteiger partial charge in [-0.3, -0.25) is 9.10 Å². The molecule has 1 amide bonds. The van der Waals surface area contributed by atoms with E-state index in [4.69, 9.17) is 25.3 Å². The van der Waals surface area contributed by atoms with E-state index in [0.717, 1.165) is 6.26 Å². The summed E-state index contributed by atoms with van der Waals surface area (Å²) in [6, 6.07) is 15.7. The predicted octanol–water partition coefficient (Wildman–Crippen LogP) is 5.52. The van der Waals surface area contributed by atoms with Crippen LogP contribution in [-0.4, -0.2) is 45.9 Å². The summed E-state index contributed by atoms with van der Waals surface area (Å²) in [7, 11) is -3.33. The molecule has 1 aliphatic heterocycles. The molecule has 1 N–H and O–H groups in total. The normalized spacial score (nSPS) is 16.1. The maximum atomic E-state index is 13.7. The predicted molar refractivity (Wildman–Crippen MR) is 163 cm³/mol. The Kier molecular flexibility index (Phi) is 7.68. The number of sulfonamides is 1. The second-order valence-corrected chi connectivity index (χ2v) is 13.6. The van der Waals surface area contributed by atoms with E-state index in [2.05, 4.69) is 5.32 Å². The average Bonchev–Trinajstić information content (AvgIpc) is 3.39. The van der Waals surface area contributed by atoms with Crippen LogP contribution in [0.15, 0.2) is 65.1 Å². The Morgan fingerprint density at radius 1 is 1.00 bits per heavy atom. The van der Waals surface area contributed by atoms with Crippen LogP contribution in [0.25, 0.3) is 22.3 Å². The summed E-state index contributed by atoms with van der Waals surface area (Å²) in [6.07, 6.45) is 1.11. The van der Waals surface area contributed by atoms with Gasteiger partial charge < -0.3 is 19.0 Å². The van der Waals surface area contributed by atoms with Gasteiger partial charge >= 0.3 is 7.12 Å². The van der Waals surface area contributed by atoms with E-state index in [1.165, 1.54) is 35.6 Å². The maximum Gasteiger partial charge on any atom is 0.497 e. The summed E-state index contributed by atoms with van der Waals surface area (Å²) in [5.41, 5.74) is 0.858. The summed E-state index contributed by atoms with van der Waals surface area (Å²) in [4.78, 5) is 13.2. The van der Waals surface area contributed by atoms with Crippen molar-refractivity contribution in [1.82, 2.24) is 5.32 Å². The first-order valence-corrected chi connectivity index (χ1v) is 15.5. The van der Waals surface area contributed by atoms with Crippen molar-refractivity contribution in [2.75, 3.05) is 17.6 Å². The number of furan rings is 1. The molecule has 0 unspecified atom stereocenters. The van der Waals surface area contributed by atoms with E-state index in [9.17, 15) is 17.6 Å². The zero-order chi connectivity index (χ0) is 30.6. The van der Waals surface area contributed by atoms with Gasteiger partial charge in [-0.05, 0) is 75.7 Å². The lowest BCUT2D eigenvalue weighted by Gasteiger charge is -2.32. The summed E-state index contributed by atoms with van der Waals surface area (Å²) in [5, 5.41) is 3.58. The summed E-state index contributed by atoms with van der Waals surface area (Å²) in [6.45, 7) is 7.57. The van der Waals surface area contributed by atoms with Crippen LogP contribution in [0.1, 0.15) is 43.6 Å². The molecule has 12 heteroatoms. The fraction of sp³-hybridized carbons (Fsp3) is 0.300. The van der Waals surface area contributed by atoms with E-state index < -0.39 is 40.1 Å². The zero-order valence-electron chi connectivity index (χ0n) is 24.1. The third kappa shape index (κ3) is 5.54. The molecule has 1 fully saturated rings. The number of carbonyl (C=O) groups excluding carboxylic acids is 1. The molecule has 0 atom stereocenters. The molecular formula is C30H31BClFN2O6S. The quantitative estimate of drug-likeness (QED) is 0.276. The van der Waals surface area contributed by atoms with Crippen molar-refractivity contribution in [2.24, 2.45) is 0 Å². The number of hydrogen-bond donors (Lipinski definition) is 1. The van der Waals surface area contributed by atoms with Crippen molar-refractivity contribution in [3.63, 3.8) is 0 Å². The Morgan fingerprint density at radius 2 is 1.60 bits per heavy atom. The van der Waals surface area contributed by atoms with Crippen LogP contribution >= 0.6 is 11.6 Å². The number of benzene rings is 3. The van der Waals surface area contributed by atoms with Crippen molar-refractivity contribution in [3.8, 4) is 11.3 Å². The number of amides is 1. The number of anilines is 1. The smallest absolute Gasteiger partial charge is 0.455 e. The van der Waals surface area contributed by atoms with Gasteiger partial charge in [0.1, 0.15) is 17.2 Å². The zero-order valence-corrected chi connectivity index (χ0v) is 25.7. The van der Waals surface area contributed by atoms with E-state index >= 15 is 0 Å². The molecule has 1 saturated heterocycles. The monoisotopic (exact) mass is 612 g/mol. The molecule has 0 radical (unpaired) electrons. The van der Waals surface area contributed by atoms with Gasteiger partial charge in [-0.15, -0.1) is 0 Å². The molecule has 0 aliphatic carbocycles. The molecule has 42 heavy (non-hydrogen) atoms. The van der Waals surface area contributed by atoms with Gasteiger partial charge in [0, 0.05) is 34.5 Å². The van der Waals surface area contributed by atoms with Crippen LogP contribution in [0.2, 0.25) is 5.02 Å². The summed E-state index contributed by atoms with van der Waals surface area (Å²) < 4.78 is 60.6. The second kappa shape index (κ2) is 10.7. The van der Waals surface area contributed by atoms with Crippen molar-refractivity contribution < 1.29 is 31.3 Å². The molecule has 3 aromatic carbocycles. The average molecular weight is 613 g/mol. The Balaban J connectivity index is 1.79. The highest BCUT2D eigenvalue weighted by atomic mass is 35.5. The lowest BCUT2D eigenvalue weighted by molar-refractivity contribution is 0.00578. The maximum absolute atomic E-state index is 13.7. The van der Waals surface area contributed by atoms with Crippen LogP contribution in [0.3, 0.4) is 0 Å². The van der Waals surface area contributed by atoms with Crippen molar-refractivity contribution in [3.05, 3.63) is 82.6 Å². The number of nitrogens with zero attached hydrogens (tertiary/aromatic N) is 1. The molecule has 5 rings (SSSR count). The highest BCUT2D eigenvalue weighted by Gasteiger charge is 2.53. The van der Waals surface area contributed by atoms with Gasteiger partial charge in [0.2, 0.25) is 10.0 Å². The fourth-order valence-corrected chi connectivity index (χ4v) is 5.84. The molecule has 2 heterocycles. The van der Waals surface area contributed by atoms with Crippen LogP contribution in [0.5, 0.6) is 0 Å². The highest BCUT2D eigenvalue weighted by Crippen LogP contribution is 2.40. The third-order valence-corrected chi connectivity index (χ3v) is 9.19. The highest BCUT2D eigenvalue weighted by molar-refractivity contribution is 7.92. The number of rotatable bonds is 7. The van der Waals surface area contributed by atoms with Gasteiger partial charge in [-0.1, -0.05) is 23.7 Å².